The van der Waals surface area contributed by atoms with E-state index in [1.165, 1.54) is 42.1 Å². The van der Waals surface area contributed by atoms with E-state index in [-0.39, 0.29) is 17.9 Å². The van der Waals surface area contributed by atoms with E-state index in [9.17, 15) is 18.0 Å². The lowest BCUT2D eigenvalue weighted by atomic mass is 10.1. The zero-order valence-corrected chi connectivity index (χ0v) is 10.6. The van der Waals surface area contributed by atoms with Crippen molar-refractivity contribution in [2.75, 3.05) is 7.11 Å². The molecule has 3 nitrogen and oxygen atoms in total. The summed E-state index contributed by atoms with van der Waals surface area (Å²) in [6.07, 6.45) is -3.02. The van der Waals surface area contributed by atoms with Crippen LogP contribution in [-0.4, -0.2) is 11.7 Å². The molecule has 0 saturated heterocycles. The number of nitrogens with zero attached hydrogens (tertiary/aromatic N) is 1. The van der Waals surface area contributed by atoms with Gasteiger partial charge in [0.05, 0.1) is 19.2 Å². The third-order valence-corrected chi connectivity index (χ3v) is 2.87. The number of pyridine rings is 1. The van der Waals surface area contributed by atoms with Crippen LogP contribution in [0.3, 0.4) is 0 Å². The van der Waals surface area contributed by atoms with Gasteiger partial charge in [0.15, 0.2) is 5.75 Å². The van der Waals surface area contributed by atoms with Gasteiger partial charge in [0, 0.05) is 6.20 Å². The number of benzene rings is 1. The number of hydrogen-bond acceptors (Lipinski definition) is 2. The summed E-state index contributed by atoms with van der Waals surface area (Å²) >= 11 is 0. The minimum absolute atomic E-state index is 0.0374. The van der Waals surface area contributed by atoms with Crippen LogP contribution < -0.4 is 10.3 Å². The molecule has 0 fully saturated rings. The molecule has 2 aromatic rings. The van der Waals surface area contributed by atoms with Gasteiger partial charge in [-0.2, -0.15) is 13.2 Å². The molecule has 0 aliphatic heterocycles. The molecule has 1 heterocycles. The molecule has 6 heteroatoms. The molecule has 0 saturated carbocycles. The fraction of sp³-hybridized carbons (Fsp3) is 0.214. The largest absolute Gasteiger partial charge is 0.491 e. The second-order valence-corrected chi connectivity index (χ2v) is 4.16. The highest BCUT2D eigenvalue weighted by Crippen LogP contribution is 2.32. The third kappa shape index (κ3) is 2.84. The first-order valence-electron chi connectivity index (χ1n) is 5.82. The number of ether oxygens (including phenoxy) is 1. The van der Waals surface area contributed by atoms with E-state index in [0.29, 0.717) is 0 Å². The van der Waals surface area contributed by atoms with Crippen LogP contribution in [0.1, 0.15) is 11.1 Å². The number of methoxy groups -OCH3 is 1. The normalized spacial score (nSPS) is 11.4. The number of hydrogen-bond donors (Lipinski definition) is 0. The lowest BCUT2D eigenvalue weighted by Crippen LogP contribution is -2.22. The molecule has 0 amide bonds. The van der Waals surface area contributed by atoms with E-state index in [1.807, 2.05) is 0 Å². The Morgan fingerprint density at radius 2 is 1.85 bits per heavy atom. The standard InChI is InChI=1S/C14H12F3NO2/c1-20-12-7-4-8-18(13(12)19)9-10-5-2-3-6-11(10)14(15,16)17/h2-8H,9H2,1H3. The van der Waals surface area contributed by atoms with Crippen molar-refractivity contribution in [1.29, 1.82) is 0 Å². The van der Waals surface area contributed by atoms with E-state index < -0.39 is 17.3 Å². The van der Waals surface area contributed by atoms with Gasteiger partial charge in [-0.15, -0.1) is 0 Å². The van der Waals surface area contributed by atoms with E-state index in [4.69, 9.17) is 4.74 Å². The van der Waals surface area contributed by atoms with E-state index >= 15 is 0 Å². The lowest BCUT2D eigenvalue weighted by Gasteiger charge is -2.14. The molecule has 0 unspecified atom stereocenters. The minimum atomic E-state index is -4.45. The smallest absolute Gasteiger partial charge is 0.416 e. The summed E-state index contributed by atoms with van der Waals surface area (Å²) in [6, 6.07) is 8.21. The highest BCUT2D eigenvalue weighted by atomic mass is 19.4. The molecular weight excluding hydrogens is 271 g/mol. The molecule has 0 aliphatic carbocycles. The molecule has 106 valence electrons. The molecule has 1 aromatic carbocycles. The number of aromatic nitrogens is 1. The van der Waals surface area contributed by atoms with Crippen molar-refractivity contribution in [3.8, 4) is 5.75 Å². The van der Waals surface area contributed by atoms with Gasteiger partial charge in [0.2, 0.25) is 0 Å². The molecule has 0 atom stereocenters. The van der Waals surface area contributed by atoms with Crippen molar-refractivity contribution in [2.45, 2.75) is 12.7 Å². The Morgan fingerprint density at radius 1 is 1.15 bits per heavy atom. The first-order valence-corrected chi connectivity index (χ1v) is 5.82. The monoisotopic (exact) mass is 283 g/mol. The van der Waals surface area contributed by atoms with Crippen LogP contribution >= 0.6 is 0 Å². The summed E-state index contributed by atoms with van der Waals surface area (Å²) < 4.78 is 44.7. The van der Waals surface area contributed by atoms with E-state index in [1.54, 1.807) is 6.07 Å². The Bertz CT molecular complexity index is 662. The second kappa shape index (κ2) is 5.40. The molecule has 2 rings (SSSR count). The third-order valence-electron chi connectivity index (χ3n) is 2.87. The highest BCUT2D eigenvalue weighted by molar-refractivity contribution is 5.30. The van der Waals surface area contributed by atoms with Crippen molar-refractivity contribution >= 4 is 0 Å². The SMILES string of the molecule is COc1cccn(Cc2ccccc2C(F)(F)F)c1=O. The number of rotatable bonds is 3. The summed E-state index contributed by atoms with van der Waals surface area (Å²) in [6.45, 7) is -0.161. The number of halogens is 3. The zero-order chi connectivity index (χ0) is 14.8. The number of alkyl halides is 3. The van der Waals surface area contributed by atoms with Gasteiger partial charge in [-0.1, -0.05) is 18.2 Å². The molecule has 0 radical (unpaired) electrons. The Labute approximate surface area is 113 Å². The molecule has 0 N–H and O–H groups in total. The summed E-state index contributed by atoms with van der Waals surface area (Å²) in [4.78, 5) is 11.9. The van der Waals surface area contributed by atoms with E-state index in [0.717, 1.165) is 6.07 Å². The van der Waals surface area contributed by atoms with Crippen LogP contribution in [0.4, 0.5) is 13.2 Å². The highest BCUT2D eigenvalue weighted by Gasteiger charge is 2.32. The lowest BCUT2D eigenvalue weighted by molar-refractivity contribution is -0.138. The topological polar surface area (TPSA) is 31.2 Å². The molecule has 0 spiro atoms. The minimum Gasteiger partial charge on any atom is -0.491 e. The Hall–Kier alpha value is -2.24. The Morgan fingerprint density at radius 3 is 2.50 bits per heavy atom. The maximum absolute atomic E-state index is 12.9. The molecule has 0 aliphatic rings. The predicted octanol–water partition coefficient (Wildman–Crippen LogP) is 2.92. The van der Waals surface area contributed by atoms with Crippen LogP contribution in [-0.2, 0) is 12.7 Å². The van der Waals surface area contributed by atoms with Crippen LogP contribution in [0.15, 0.2) is 47.4 Å². The first-order chi connectivity index (χ1) is 9.43. The van der Waals surface area contributed by atoms with Gasteiger partial charge >= 0.3 is 6.18 Å². The average molecular weight is 283 g/mol. The van der Waals surface area contributed by atoms with Crippen LogP contribution in [0, 0.1) is 0 Å². The van der Waals surface area contributed by atoms with Crippen molar-refractivity contribution in [1.82, 2.24) is 4.57 Å². The van der Waals surface area contributed by atoms with Crippen LogP contribution in [0.5, 0.6) is 5.75 Å². The van der Waals surface area contributed by atoms with Crippen molar-refractivity contribution < 1.29 is 17.9 Å². The average Bonchev–Trinajstić information content (AvgIpc) is 2.40. The van der Waals surface area contributed by atoms with Gasteiger partial charge in [0.25, 0.3) is 5.56 Å². The fourth-order valence-corrected chi connectivity index (χ4v) is 1.91. The van der Waals surface area contributed by atoms with E-state index in [2.05, 4.69) is 0 Å². The maximum atomic E-state index is 12.9. The fourth-order valence-electron chi connectivity index (χ4n) is 1.91. The van der Waals surface area contributed by atoms with Gasteiger partial charge in [-0.25, -0.2) is 0 Å². The second-order valence-electron chi connectivity index (χ2n) is 4.16. The molecule has 1 aromatic heterocycles. The van der Waals surface area contributed by atoms with Gasteiger partial charge in [0.1, 0.15) is 0 Å². The van der Waals surface area contributed by atoms with Crippen molar-refractivity contribution in [3.63, 3.8) is 0 Å². The summed E-state index contributed by atoms with van der Waals surface area (Å²) in [5, 5.41) is 0. The van der Waals surface area contributed by atoms with Gasteiger partial charge < -0.3 is 9.30 Å². The Balaban J connectivity index is 2.44. The quantitative estimate of drug-likeness (QED) is 0.867. The van der Waals surface area contributed by atoms with Crippen molar-refractivity contribution in [2.24, 2.45) is 0 Å². The first kappa shape index (κ1) is 14.2. The van der Waals surface area contributed by atoms with Crippen LogP contribution in [0.25, 0.3) is 0 Å². The van der Waals surface area contributed by atoms with Gasteiger partial charge in [-0.3, -0.25) is 4.79 Å². The molecule has 0 bridgehead atoms. The zero-order valence-electron chi connectivity index (χ0n) is 10.6. The summed E-state index contributed by atoms with van der Waals surface area (Å²) in [5.74, 6) is 0.0944. The van der Waals surface area contributed by atoms with Crippen molar-refractivity contribution in [3.05, 3.63) is 64.1 Å². The van der Waals surface area contributed by atoms with Crippen LogP contribution in [0.2, 0.25) is 0 Å². The molecular formula is C14H12F3NO2. The van der Waals surface area contributed by atoms with Gasteiger partial charge in [-0.05, 0) is 23.8 Å². The molecule has 20 heavy (non-hydrogen) atoms. The predicted molar refractivity (Wildman–Crippen MR) is 67.8 cm³/mol. The summed E-state index contributed by atoms with van der Waals surface area (Å²) in [7, 11) is 1.34. The summed E-state index contributed by atoms with van der Waals surface area (Å²) in [5.41, 5.74) is -1.17. The maximum Gasteiger partial charge on any atom is 0.416 e. The Kier molecular flexibility index (Phi) is 3.83.